The van der Waals surface area contributed by atoms with E-state index in [0.29, 0.717) is 0 Å². The third-order valence-electron chi connectivity index (χ3n) is 7.07. The third-order valence-corrected chi connectivity index (χ3v) is 7.07. The molecule has 0 unspecified atom stereocenters. The Balaban J connectivity index is 1.58. The van der Waals surface area contributed by atoms with Crippen molar-refractivity contribution in [3.8, 4) is 0 Å². The normalized spacial score (nSPS) is 21.9. The summed E-state index contributed by atoms with van der Waals surface area (Å²) < 4.78 is 25.0. The molecule has 5 rings (SSSR count). The van der Waals surface area contributed by atoms with Crippen molar-refractivity contribution in [1.29, 1.82) is 0 Å². The van der Waals surface area contributed by atoms with Crippen LogP contribution in [0, 0.1) is 0 Å². The first-order valence-corrected chi connectivity index (χ1v) is 13.4. The number of benzene rings is 3. The van der Waals surface area contributed by atoms with Gasteiger partial charge in [-0.3, -0.25) is 14.3 Å². The van der Waals surface area contributed by atoms with Gasteiger partial charge in [-0.2, -0.15) is 0 Å². The highest BCUT2D eigenvalue weighted by Gasteiger charge is 2.62. The van der Waals surface area contributed by atoms with Crippen LogP contribution in [-0.2, 0) is 18.9 Å². The Kier molecular flexibility index (Phi) is 8.35. The molecule has 0 saturated carbocycles. The van der Waals surface area contributed by atoms with Crippen LogP contribution in [0.3, 0.4) is 0 Å². The van der Waals surface area contributed by atoms with E-state index in [9.17, 15) is 24.0 Å². The largest absolute Gasteiger partial charge is 0.456 e. The van der Waals surface area contributed by atoms with Crippen molar-refractivity contribution in [3.05, 3.63) is 141 Å². The van der Waals surface area contributed by atoms with Gasteiger partial charge in [-0.25, -0.2) is 19.2 Å². The van der Waals surface area contributed by atoms with E-state index in [-0.39, 0.29) is 16.7 Å². The van der Waals surface area contributed by atoms with Gasteiger partial charge in [0.1, 0.15) is 12.2 Å². The number of ether oxygens (including phenoxy) is 4. The minimum atomic E-state index is -1.86. The van der Waals surface area contributed by atoms with Crippen LogP contribution < -0.4 is 11.2 Å². The average Bonchev–Trinajstić information content (AvgIpc) is 3.29. The highest BCUT2D eigenvalue weighted by molar-refractivity contribution is 5.91. The van der Waals surface area contributed by atoms with Crippen LogP contribution in [0.25, 0.3) is 0 Å². The summed E-state index contributed by atoms with van der Waals surface area (Å²) in [5, 5.41) is 0. The van der Waals surface area contributed by atoms with Gasteiger partial charge in [0.2, 0.25) is 0 Å². The number of nitrogens with one attached hydrogen (secondary N) is 1. The predicted octanol–water partition coefficient (Wildman–Crippen LogP) is 3.52. The molecule has 3 aromatic carbocycles. The Labute approximate surface area is 245 Å². The van der Waals surface area contributed by atoms with Crippen molar-refractivity contribution in [2.75, 3.05) is 0 Å². The topological polar surface area (TPSA) is 143 Å². The lowest BCUT2D eigenvalue weighted by Gasteiger charge is -2.35. The second kappa shape index (κ2) is 12.3. The summed E-state index contributed by atoms with van der Waals surface area (Å²) >= 11 is 0. The number of aromatic nitrogens is 2. The summed E-state index contributed by atoms with van der Waals surface area (Å²) in [4.78, 5) is 66.7. The van der Waals surface area contributed by atoms with Crippen molar-refractivity contribution in [3.63, 3.8) is 0 Å². The molecule has 4 aromatic rings. The summed E-state index contributed by atoms with van der Waals surface area (Å²) in [7, 11) is 0. The number of esters is 3. The minimum Gasteiger partial charge on any atom is -0.456 e. The summed E-state index contributed by atoms with van der Waals surface area (Å²) in [6, 6.07) is 25.6. The van der Waals surface area contributed by atoms with E-state index < -0.39 is 59.3 Å². The Morgan fingerprint density at radius 3 is 1.84 bits per heavy atom. The van der Waals surface area contributed by atoms with Crippen LogP contribution >= 0.6 is 0 Å². The number of carbonyl (C=O) groups is 3. The molecule has 0 bridgehead atoms. The van der Waals surface area contributed by atoms with Gasteiger partial charge in [-0.05, 0) is 50.2 Å². The summed E-state index contributed by atoms with van der Waals surface area (Å²) in [6.07, 6.45) is -3.92. The van der Waals surface area contributed by atoms with Gasteiger partial charge in [0.15, 0.2) is 17.9 Å². The van der Waals surface area contributed by atoms with Crippen LogP contribution in [0.4, 0.5) is 0 Å². The number of hydrogen-bond acceptors (Lipinski definition) is 9. The van der Waals surface area contributed by atoms with E-state index in [4.69, 9.17) is 18.9 Å². The van der Waals surface area contributed by atoms with Crippen LogP contribution in [0.15, 0.2) is 113 Å². The molecule has 0 spiro atoms. The third kappa shape index (κ3) is 6.16. The lowest BCUT2D eigenvalue weighted by molar-refractivity contribution is -0.113. The van der Waals surface area contributed by atoms with E-state index in [2.05, 4.69) is 4.98 Å². The summed E-state index contributed by atoms with van der Waals surface area (Å²) in [6.45, 7) is 2.98. The number of aromatic amines is 1. The number of nitrogens with zero attached hydrogens (tertiary/aromatic N) is 1. The van der Waals surface area contributed by atoms with Crippen molar-refractivity contribution in [2.45, 2.75) is 44.0 Å². The van der Waals surface area contributed by atoms with E-state index in [0.717, 1.165) is 10.6 Å². The number of carbonyl (C=O) groups excluding carboxylic acids is 3. The average molecular weight is 585 g/mol. The molecule has 1 aliphatic heterocycles. The molecule has 1 N–H and O–H groups in total. The summed E-state index contributed by atoms with van der Waals surface area (Å²) in [5.41, 5.74) is -2.71. The van der Waals surface area contributed by atoms with E-state index in [1.807, 2.05) is 0 Å². The smallest absolute Gasteiger partial charge is 0.338 e. The quantitative estimate of drug-likeness (QED) is 0.243. The Hall–Kier alpha value is -5.29. The highest BCUT2D eigenvalue weighted by Crippen LogP contribution is 2.44. The molecule has 220 valence electrons. The summed E-state index contributed by atoms with van der Waals surface area (Å²) in [5.74, 6) is -2.22. The highest BCUT2D eigenvalue weighted by atomic mass is 16.7. The molecule has 1 saturated heterocycles. The monoisotopic (exact) mass is 584 g/mol. The van der Waals surface area contributed by atoms with Crippen LogP contribution in [0.1, 0.15) is 51.1 Å². The van der Waals surface area contributed by atoms with Crippen LogP contribution in [0.5, 0.6) is 0 Å². The van der Waals surface area contributed by atoms with Gasteiger partial charge in [-0.1, -0.05) is 54.6 Å². The van der Waals surface area contributed by atoms with Gasteiger partial charge in [0, 0.05) is 12.3 Å². The number of rotatable bonds is 8. The fraction of sp³-hybridized carbons (Fsp3) is 0.219. The minimum absolute atomic E-state index is 0.191. The Morgan fingerprint density at radius 2 is 1.30 bits per heavy atom. The number of H-pyrrole nitrogens is 1. The first kappa shape index (κ1) is 29.2. The zero-order valence-electron chi connectivity index (χ0n) is 23.2. The molecule has 2 heterocycles. The van der Waals surface area contributed by atoms with Gasteiger partial charge in [0.05, 0.1) is 16.7 Å². The maximum Gasteiger partial charge on any atom is 0.338 e. The predicted molar refractivity (Wildman–Crippen MR) is 152 cm³/mol. The molecule has 0 aliphatic carbocycles. The Morgan fingerprint density at radius 1 is 0.791 bits per heavy atom. The van der Waals surface area contributed by atoms with E-state index >= 15 is 0 Å². The molecule has 1 aromatic heterocycles. The second-order valence-corrected chi connectivity index (χ2v) is 10.1. The molecule has 1 aliphatic rings. The van der Waals surface area contributed by atoms with Crippen molar-refractivity contribution in [1.82, 2.24) is 9.55 Å². The lowest BCUT2D eigenvalue weighted by atomic mass is 9.93. The molecule has 0 radical (unpaired) electrons. The maximum atomic E-state index is 13.4. The van der Waals surface area contributed by atoms with Crippen LogP contribution in [0.2, 0.25) is 0 Å². The molecule has 11 nitrogen and oxygen atoms in total. The Bertz CT molecular complexity index is 1720. The zero-order valence-corrected chi connectivity index (χ0v) is 23.2. The van der Waals surface area contributed by atoms with E-state index in [1.165, 1.54) is 32.2 Å². The van der Waals surface area contributed by atoms with Crippen molar-refractivity contribution < 1.29 is 33.3 Å². The number of hydrogen-bond donors (Lipinski definition) is 1. The molecule has 0 amide bonds. The first-order chi connectivity index (χ1) is 20.7. The fourth-order valence-corrected chi connectivity index (χ4v) is 4.89. The van der Waals surface area contributed by atoms with Gasteiger partial charge in [0.25, 0.3) is 5.56 Å². The molecular formula is C32H28N2O9. The maximum absolute atomic E-state index is 13.4. The molecule has 43 heavy (non-hydrogen) atoms. The SMILES string of the molecule is C[C@H](OC(=O)c1ccccc1)[C@H]1O[C@@H](n2ccc(=O)[nH]c2=O)[C@](C)(OC(=O)c2ccccc2)[C@@H]1OC(=O)c1ccccc1. The van der Waals surface area contributed by atoms with Gasteiger partial charge in [-0.15, -0.1) is 0 Å². The van der Waals surface area contributed by atoms with Crippen molar-refractivity contribution in [2.24, 2.45) is 0 Å². The van der Waals surface area contributed by atoms with Gasteiger partial charge >= 0.3 is 23.6 Å². The molecule has 1 fully saturated rings. The van der Waals surface area contributed by atoms with Crippen molar-refractivity contribution >= 4 is 17.9 Å². The van der Waals surface area contributed by atoms with E-state index in [1.54, 1.807) is 78.9 Å². The second-order valence-electron chi connectivity index (χ2n) is 10.1. The van der Waals surface area contributed by atoms with Crippen LogP contribution in [-0.4, -0.2) is 51.4 Å². The molecule has 5 atom stereocenters. The standard InChI is InChI=1S/C32H28N2O9/c1-20(40-27(36)21-12-6-3-7-13-21)25-26(42-28(37)22-14-8-4-9-15-22)32(2,43-29(38)23-16-10-5-11-17-23)30(41-25)34-19-18-24(35)33-31(34)39/h3-20,25-26,30H,1-2H3,(H,33,35,39)/t20-,25+,26+,30+,32+/m0/s1. The lowest BCUT2D eigenvalue weighted by Crippen LogP contribution is -2.53. The molecular weight excluding hydrogens is 556 g/mol. The fourth-order valence-electron chi connectivity index (χ4n) is 4.89. The molecule has 11 heteroatoms. The zero-order chi connectivity index (χ0) is 30.6. The first-order valence-electron chi connectivity index (χ1n) is 13.4. The van der Waals surface area contributed by atoms with Gasteiger partial charge < -0.3 is 18.9 Å².